The molecule has 0 aromatic heterocycles. The van der Waals surface area contributed by atoms with Crippen molar-refractivity contribution in [3.63, 3.8) is 0 Å². The molecule has 2 aromatic rings. The second-order valence-electron chi connectivity index (χ2n) is 5.31. The van der Waals surface area contributed by atoms with E-state index in [-0.39, 0.29) is 24.8 Å². The number of methoxy groups -OCH3 is 1. The molecule has 0 spiro atoms. The summed E-state index contributed by atoms with van der Waals surface area (Å²) in [7, 11) is 1.40. The molecular formula is C19H19FN2O3. The number of ether oxygens (including phenoxy) is 2. The average molecular weight is 342 g/mol. The number of nitriles is 1. The van der Waals surface area contributed by atoms with E-state index in [9.17, 15) is 9.18 Å². The third-order valence-electron chi connectivity index (χ3n) is 3.65. The maximum atomic E-state index is 13.8. The molecule has 2 rings (SSSR count). The van der Waals surface area contributed by atoms with Gasteiger partial charge in [0, 0.05) is 13.1 Å². The van der Waals surface area contributed by atoms with Crippen LogP contribution in [0.15, 0.2) is 42.5 Å². The van der Waals surface area contributed by atoms with Gasteiger partial charge in [0.1, 0.15) is 5.75 Å². The van der Waals surface area contributed by atoms with Crippen molar-refractivity contribution < 1.29 is 18.7 Å². The van der Waals surface area contributed by atoms with Gasteiger partial charge in [-0.1, -0.05) is 12.1 Å². The summed E-state index contributed by atoms with van der Waals surface area (Å²) in [5, 5.41) is 8.87. The highest BCUT2D eigenvalue weighted by Crippen LogP contribution is 2.19. The lowest BCUT2D eigenvalue weighted by Gasteiger charge is -2.21. The van der Waals surface area contributed by atoms with Crippen LogP contribution in [0.1, 0.15) is 18.1 Å². The van der Waals surface area contributed by atoms with Gasteiger partial charge in [-0.2, -0.15) is 5.26 Å². The lowest BCUT2D eigenvalue weighted by molar-refractivity contribution is -0.133. The Morgan fingerprint density at radius 1 is 1.28 bits per heavy atom. The lowest BCUT2D eigenvalue weighted by atomic mass is 10.2. The van der Waals surface area contributed by atoms with Crippen LogP contribution in [0.4, 0.5) is 4.39 Å². The third kappa shape index (κ3) is 4.95. The number of halogens is 1. The molecule has 1 amide bonds. The molecule has 0 aliphatic carbocycles. The Morgan fingerprint density at radius 3 is 2.72 bits per heavy atom. The quantitative estimate of drug-likeness (QED) is 0.775. The van der Waals surface area contributed by atoms with Crippen molar-refractivity contribution in [2.75, 3.05) is 20.3 Å². The molecule has 0 radical (unpaired) electrons. The lowest BCUT2D eigenvalue weighted by Crippen LogP contribution is -2.34. The summed E-state index contributed by atoms with van der Waals surface area (Å²) in [6.45, 7) is 2.43. The molecule has 0 fully saturated rings. The standard InChI is InChI=1S/C19H19FN2O3/c1-3-22(12-15-7-8-18(24-2)17(20)10-15)19(23)13-25-16-6-4-5-14(9-16)11-21/h4-10H,3,12-13H2,1-2H3. The highest BCUT2D eigenvalue weighted by molar-refractivity contribution is 5.77. The van der Waals surface area contributed by atoms with Crippen molar-refractivity contribution in [3.05, 3.63) is 59.4 Å². The van der Waals surface area contributed by atoms with Crippen LogP contribution in [0, 0.1) is 17.1 Å². The van der Waals surface area contributed by atoms with Crippen LogP contribution >= 0.6 is 0 Å². The number of likely N-dealkylation sites (N-methyl/N-ethyl adjacent to an activating group) is 1. The number of hydrogen-bond acceptors (Lipinski definition) is 4. The zero-order valence-corrected chi connectivity index (χ0v) is 14.2. The van der Waals surface area contributed by atoms with Crippen molar-refractivity contribution in [1.82, 2.24) is 4.90 Å². The molecule has 0 heterocycles. The fourth-order valence-electron chi connectivity index (χ4n) is 2.30. The molecule has 2 aromatic carbocycles. The Balaban J connectivity index is 1.98. The molecule has 0 bridgehead atoms. The Kier molecular flexibility index (Phi) is 6.35. The van der Waals surface area contributed by atoms with Gasteiger partial charge in [-0.25, -0.2) is 4.39 Å². The van der Waals surface area contributed by atoms with E-state index in [0.29, 0.717) is 23.4 Å². The molecular weight excluding hydrogens is 323 g/mol. The summed E-state index contributed by atoms with van der Waals surface area (Å²) in [5.74, 6) is -0.0630. The van der Waals surface area contributed by atoms with E-state index in [1.807, 2.05) is 13.0 Å². The van der Waals surface area contributed by atoms with Crippen molar-refractivity contribution in [1.29, 1.82) is 5.26 Å². The van der Waals surface area contributed by atoms with Crippen molar-refractivity contribution in [2.45, 2.75) is 13.5 Å². The van der Waals surface area contributed by atoms with Crippen LogP contribution in [-0.2, 0) is 11.3 Å². The Morgan fingerprint density at radius 2 is 2.08 bits per heavy atom. The minimum absolute atomic E-state index is 0.151. The van der Waals surface area contributed by atoms with Gasteiger partial charge in [-0.15, -0.1) is 0 Å². The summed E-state index contributed by atoms with van der Waals surface area (Å²) in [5.41, 5.74) is 1.13. The fourth-order valence-corrected chi connectivity index (χ4v) is 2.30. The maximum Gasteiger partial charge on any atom is 0.260 e. The number of carbonyl (C=O) groups is 1. The molecule has 0 unspecified atom stereocenters. The zero-order valence-electron chi connectivity index (χ0n) is 14.2. The molecule has 0 saturated heterocycles. The Labute approximate surface area is 146 Å². The van der Waals surface area contributed by atoms with E-state index < -0.39 is 5.82 Å². The first-order chi connectivity index (χ1) is 12.1. The highest BCUT2D eigenvalue weighted by Gasteiger charge is 2.14. The number of carbonyl (C=O) groups excluding carboxylic acids is 1. The van der Waals surface area contributed by atoms with Crippen LogP contribution in [0.5, 0.6) is 11.5 Å². The minimum Gasteiger partial charge on any atom is -0.494 e. The molecule has 6 heteroatoms. The van der Waals surface area contributed by atoms with E-state index in [1.54, 1.807) is 35.2 Å². The van der Waals surface area contributed by atoms with Gasteiger partial charge < -0.3 is 14.4 Å². The number of benzene rings is 2. The first-order valence-electron chi connectivity index (χ1n) is 7.80. The van der Waals surface area contributed by atoms with Gasteiger partial charge in [0.15, 0.2) is 18.2 Å². The summed E-state index contributed by atoms with van der Waals surface area (Å²) in [6, 6.07) is 13.2. The largest absolute Gasteiger partial charge is 0.494 e. The summed E-state index contributed by atoms with van der Waals surface area (Å²) in [6.07, 6.45) is 0. The summed E-state index contributed by atoms with van der Waals surface area (Å²) in [4.78, 5) is 13.9. The molecule has 0 aliphatic heterocycles. The number of amides is 1. The number of rotatable bonds is 7. The SMILES string of the molecule is CCN(Cc1ccc(OC)c(F)c1)C(=O)COc1cccc(C#N)c1. The summed E-state index contributed by atoms with van der Waals surface area (Å²) < 4.78 is 24.1. The van der Waals surface area contributed by atoms with Crippen LogP contribution in [0.3, 0.4) is 0 Å². The van der Waals surface area contributed by atoms with Gasteiger partial charge in [0.25, 0.3) is 5.91 Å². The Hall–Kier alpha value is -3.07. The zero-order chi connectivity index (χ0) is 18.2. The predicted octanol–water partition coefficient (Wildman–Crippen LogP) is 3.13. The monoisotopic (exact) mass is 342 g/mol. The van der Waals surface area contributed by atoms with Crippen molar-refractivity contribution >= 4 is 5.91 Å². The van der Waals surface area contributed by atoms with E-state index in [1.165, 1.54) is 19.2 Å². The normalized spacial score (nSPS) is 10.0. The average Bonchev–Trinajstić information content (AvgIpc) is 2.64. The topological polar surface area (TPSA) is 62.6 Å². The highest BCUT2D eigenvalue weighted by atomic mass is 19.1. The predicted molar refractivity (Wildman–Crippen MR) is 90.7 cm³/mol. The van der Waals surface area contributed by atoms with Crippen LogP contribution < -0.4 is 9.47 Å². The molecule has 5 nitrogen and oxygen atoms in total. The van der Waals surface area contributed by atoms with Gasteiger partial charge in [-0.3, -0.25) is 4.79 Å². The minimum atomic E-state index is -0.465. The van der Waals surface area contributed by atoms with Crippen molar-refractivity contribution in [3.8, 4) is 17.6 Å². The first kappa shape index (κ1) is 18.3. The van der Waals surface area contributed by atoms with E-state index >= 15 is 0 Å². The maximum absolute atomic E-state index is 13.8. The molecule has 0 saturated carbocycles. The van der Waals surface area contributed by atoms with Gasteiger partial charge in [-0.05, 0) is 42.8 Å². The smallest absolute Gasteiger partial charge is 0.260 e. The molecule has 25 heavy (non-hydrogen) atoms. The molecule has 0 aliphatic rings. The third-order valence-corrected chi connectivity index (χ3v) is 3.65. The number of hydrogen-bond donors (Lipinski definition) is 0. The molecule has 130 valence electrons. The van der Waals surface area contributed by atoms with E-state index in [4.69, 9.17) is 14.7 Å². The first-order valence-corrected chi connectivity index (χ1v) is 7.80. The van der Waals surface area contributed by atoms with Crippen LogP contribution in [0.25, 0.3) is 0 Å². The second-order valence-corrected chi connectivity index (χ2v) is 5.31. The van der Waals surface area contributed by atoms with Gasteiger partial charge in [0.05, 0.1) is 18.7 Å². The Bertz CT molecular complexity index is 786. The second kappa shape index (κ2) is 8.69. The van der Waals surface area contributed by atoms with Gasteiger partial charge >= 0.3 is 0 Å². The van der Waals surface area contributed by atoms with Crippen molar-refractivity contribution in [2.24, 2.45) is 0 Å². The molecule has 0 atom stereocenters. The fraction of sp³-hybridized carbons (Fsp3) is 0.263. The molecule has 0 N–H and O–H groups in total. The van der Waals surface area contributed by atoms with E-state index in [0.717, 1.165) is 0 Å². The van der Waals surface area contributed by atoms with Gasteiger partial charge in [0.2, 0.25) is 0 Å². The van der Waals surface area contributed by atoms with Crippen LogP contribution in [0.2, 0.25) is 0 Å². The van der Waals surface area contributed by atoms with Crippen LogP contribution in [-0.4, -0.2) is 31.1 Å². The summed E-state index contributed by atoms with van der Waals surface area (Å²) >= 11 is 0. The van der Waals surface area contributed by atoms with E-state index in [2.05, 4.69) is 0 Å². The number of nitrogens with zero attached hydrogens (tertiary/aromatic N) is 2.